The van der Waals surface area contributed by atoms with Crippen LogP contribution in [0.2, 0.25) is 0 Å². The lowest BCUT2D eigenvalue weighted by Gasteiger charge is -2.28. The average molecular weight is 278 g/mol. The van der Waals surface area contributed by atoms with E-state index in [0.29, 0.717) is 13.0 Å². The number of rotatable bonds is 3. The van der Waals surface area contributed by atoms with Crippen LogP contribution in [0.15, 0.2) is 23.0 Å². The molecule has 2 fully saturated rings. The summed E-state index contributed by atoms with van der Waals surface area (Å²) >= 11 is 0. The van der Waals surface area contributed by atoms with Crippen molar-refractivity contribution in [3.63, 3.8) is 0 Å². The van der Waals surface area contributed by atoms with Crippen LogP contribution in [-0.2, 0) is 11.3 Å². The van der Waals surface area contributed by atoms with Crippen molar-refractivity contribution in [1.29, 1.82) is 0 Å². The van der Waals surface area contributed by atoms with Crippen LogP contribution in [0.5, 0.6) is 0 Å². The van der Waals surface area contributed by atoms with Gasteiger partial charge in [-0.05, 0) is 25.3 Å². The highest BCUT2D eigenvalue weighted by Crippen LogP contribution is 2.42. The minimum Gasteiger partial charge on any atom is -0.481 e. The van der Waals surface area contributed by atoms with Crippen molar-refractivity contribution in [2.45, 2.75) is 37.9 Å². The number of urea groups is 1. The highest BCUT2D eigenvalue weighted by atomic mass is 16.4. The molecule has 0 aliphatic carbocycles. The third-order valence-corrected chi connectivity index (χ3v) is 4.40. The van der Waals surface area contributed by atoms with Gasteiger partial charge in [0.15, 0.2) is 0 Å². The SMILES string of the molecule is CN(Cc1ccoc1)C(=O)N1C2CCC1C(C(=O)O)C2. The van der Waals surface area contributed by atoms with Gasteiger partial charge in [0.1, 0.15) is 0 Å². The fourth-order valence-corrected chi connectivity index (χ4v) is 3.47. The molecule has 2 aliphatic heterocycles. The van der Waals surface area contributed by atoms with E-state index in [1.807, 2.05) is 6.07 Å². The normalized spacial score (nSPS) is 27.9. The Morgan fingerprint density at radius 3 is 2.90 bits per heavy atom. The van der Waals surface area contributed by atoms with Gasteiger partial charge in [0, 0.05) is 24.7 Å². The first-order valence-electron chi connectivity index (χ1n) is 6.85. The second-order valence-electron chi connectivity index (χ2n) is 5.66. The molecule has 6 heteroatoms. The lowest BCUT2D eigenvalue weighted by Crippen LogP contribution is -2.44. The number of nitrogens with zero attached hydrogens (tertiary/aromatic N) is 2. The summed E-state index contributed by atoms with van der Waals surface area (Å²) < 4.78 is 4.99. The second-order valence-corrected chi connectivity index (χ2v) is 5.66. The van der Waals surface area contributed by atoms with Crippen molar-refractivity contribution in [3.05, 3.63) is 24.2 Å². The number of carboxylic acids is 1. The highest BCUT2D eigenvalue weighted by molar-refractivity contribution is 5.79. The van der Waals surface area contributed by atoms with Crippen LogP contribution < -0.4 is 0 Å². The summed E-state index contributed by atoms with van der Waals surface area (Å²) in [6.45, 7) is 0.475. The van der Waals surface area contributed by atoms with Gasteiger partial charge in [-0.25, -0.2) is 4.79 Å². The van der Waals surface area contributed by atoms with Gasteiger partial charge in [0.2, 0.25) is 0 Å². The number of carbonyl (C=O) groups is 2. The van der Waals surface area contributed by atoms with E-state index in [4.69, 9.17) is 4.42 Å². The molecule has 1 aromatic rings. The summed E-state index contributed by atoms with van der Waals surface area (Å²) in [5, 5.41) is 9.22. The van der Waals surface area contributed by atoms with Crippen molar-refractivity contribution in [1.82, 2.24) is 9.80 Å². The Balaban J connectivity index is 1.70. The maximum atomic E-state index is 12.5. The third-order valence-electron chi connectivity index (χ3n) is 4.40. The second kappa shape index (κ2) is 4.85. The van der Waals surface area contributed by atoms with Gasteiger partial charge in [0.05, 0.1) is 25.0 Å². The summed E-state index contributed by atoms with van der Waals surface area (Å²) in [5.41, 5.74) is 0.933. The molecular weight excluding hydrogens is 260 g/mol. The monoisotopic (exact) mass is 278 g/mol. The summed E-state index contributed by atoms with van der Waals surface area (Å²) in [4.78, 5) is 27.2. The standard InChI is InChI=1S/C14H18N2O4/c1-15(7-9-4-5-20-8-9)14(19)16-10-2-3-12(16)11(6-10)13(17)18/h4-5,8,10-12H,2-3,6-7H2,1H3,(H,17,18). The Morgan fingerprint density at radius 2 is 2.30 bits per heavy atom. The number of carboxylic acid groups (broad SMARTS) is 1. The molecule has 6 nitrogen and oxygen atoms in total. The van der Waals surface area contributed by atoms with Crippen molar-refractivity contribution < 1.29 is 19.1 Å². The van der Waals surface area contributed by atoms with Gasteiger partial charge in [-0.15, -0.1) is 0 Å². The van der Waals surface area contributed by atoms with E-state index >= 15 is 0 Å². The zero-order valence-corrected chi connectivity index (χ0v) is 11.4. The van der Waals surface area contributed by atoms with E-state index in [2.05, 4.69) is 0 Å². The van der Waals surface area contributed by atoms with Gasteiger partial charge in [-0.1, -0.05) is 0 Å². The molecule has 2 amide bonds. The molecule has 1 N–H and O–H groups in total. The molecule has 2 aliphatic rings. The van der Waals surface area contributed by atoms with Crippen LogP contribution in [-0.4, -0.2) is 46.0 Å². The van der Waals surface area contributed by atoms with Crippen molar-refractivity contribution in [3.8, 4) is 0 Å². The highest BCUT2D eigenvalue weighted by Gasteiger charge is 2.51. The first-order chi connectivity index (χ1) is 9.58. The molecule has 3 heterocycles. The average Bonchev–Trinajstić information content (AvgIpc) is 3.12. The van der Waals surface area contributed by atoms with E-state index in [9.17, 15) is 14.7 Å². The Kier molecular flexibility index (Phi) is 3.16. The molecule has 108 valence electrons. The number of aliphatic carboxylic acids is 1. The smallest absolute Gasteiger partial charge is 0.320 e. The Morgan fingerprint density at radius 1 is 1.50 bits per heavy atom. The minimum atomic E-state index is -0.785. The van der Waals surface area contributed by atoms with Crippen LogP contribution >= 0.6 is 0 Å². The molecule has 0 saturated carbocycles. The summed E-state index contributed by atoms with van der Waals surface area (Å²) in [5.74, 6) is -1.19. The maximum absolute atomic E-state index is 12.5. The first kappa shape index (κ1) is 13.0. The summed E-state index contributed by atoms with van der Waals surface area (Å²) in [6.07, 6.45) is 5.49. The van der Waals surface area contributed by atoms with Crippen LogP contribution in [0.1, 0.15) is 24.8 Å². The number of furan rings is 1. The maximum Gasteiger partial charge on any atom is 0.320 e. The molecule has 20 heavy (non-hydrogen) atoms. The first-order valence-corrected chi connectivity index (χ1v) is 6.85. The Labute approximate surface area is 117 Å². The lowest BCUT2D eigenvalue weighted by molar-refractivity contribution is -0.142. The molecule has 1 aromatic heterocycles. The van der Waals surface area contributed by atoms with Crippen molar-refractivity contribution in [2.75, 3.05) is 7.05 Å². The molecule has 0 spiro atoms. The van der Waals surface area contributed by atoms with Gasteiger partial charge < -0.3 is 19.3 Å². The van der Waals surface area contributed by atoms with Crippen LogP contribution in [0.25, 0.3) is 0 Å². The number of amides is 2. The summed E-state index contributed by atoms with van der Waals surface area (Å²) in [7, 11) is 1.74. The Bertz CT molecular complexity index is 513. The number of fused-ring (bicyclic) bond motifs is 2. The third kappa shape index (κ3) is 2.05. The zero-order chi connectivity index (χ0) is 14.3. The molecule has 0 aromatic carbocycles. The van der Waals surface area contributed by atoms with Crippen LogP contribution in [0, 0.1) is 5.92 Å². The lowest BCUT2D eigenvalue weighted by atomic mass is 9.89. The predicted octanol–water partition coefficient (Wildman–Crippen LogP) is 1.77. The number of carbonyl (C=O) groups excluding carboxylic acids is 1. The van der Waals surface area contributed by atoms with Crippen LogP contribution in [0.4, 0.5) is 4.79 Å². The molecular formula is C14H18N2O4. The van der Waals surface area contributed by atoms with Gasteiger partial charge >= 0.3 is 12.0 Å². The van der Waals surface area contributed by atoms with Gasteiger partial charge in [-0.3, -0.25) is 4.79 Å². The zero-order valence-electron chi connectivity index (χ0n) is 11.4. The predicted molar refractivity (Wildman–Crippen MR) is 70.0 cm³/mol. The van der Waals surface area contributed by atoms with Crippen molar-refractivity contribution >= 4 is 12.0 Å². The van der Waals surface area contributed by atoms with Crippen LogP contribution in [0.3, 0.4) is 0 Å². The minimum absolute atomic E-state index is 0.0811. The van der Waals surface area contributed by atoms with Gasteiger partial charge in [-0.2, -0.15) is 0 Å². The fourth-order valence-electron chi connectivity index (χ4n) is 3.47. The Hall–Kier alpha value is -1.98. The van der Waals surface area contributed by atoms with E-state index in [-0.39, 0.29) is 18.1 Å². The summed E-state index contributed by atoms with van der Waals surface area (Å²) in [6, 6.07) is 1.68. The molecule has 0 radical (unpaired) electrons. The van der Waals surface area contributed by atoms with E-state index in [0.717, 1.165) is 18.4 Å². The van der Waals surface area contributed by atoms with E-state index < -0.39 is 11.9 Å². The molecule has 3 unspecified atom stereocenters. The van der Waals surface area contributed by atoms with Crippen molar-refractivity contribution in [2.24, 2.45) is 5.92 Å². The largest absolute Gasteiger partial charge is 0.481 e. The molecule has 3 rings (SSSR count). The number of hydrogen-bond acceptors (Lipinski definition) is 3. The number of hydrogen-bond donors (Lipinski definition) is 1. The molecule has 2 bridgehead atoms. The van der Waals surface area contributed by atoms with E-state index in [1.54, 1.807) is 29.4 Å². The quantitative estimate of drug-likeness (QED) is 0.914. The van der Waals surface area contributed by atoms with Gasteiger partial charge in [0.25, 0.3) is 0 Å². The molecule has 2 saturated heterocycles. The topological polar surface area (TPSA) is 74.0 Å². The fraction of sp³-hybridized carbons (Fsp3) is 0.571. The molecule has 3 atom stereocenters. The van der Waals surface area contributed by atoms with E-state index in [1.165, 1.54) is 0 Å².